The van der Waals surface area contributed by atoms with Gasteiger partial charge in [0.05, 0.1) is 6.10 Å². The molecule has 1 heterocycles. The Hall–Kier alpha value is -3.75. The Kier molecular flexibility index (Phi) is 6.96. The van der Waals surface area contributed by atoms with Crippen molar-refractivity contribution in [2.45, 2.75) is 33.0 Å². The molecule has 0 saturated carbocycles. The Morgan fingerprint density at radius 2 is 1.71 bits per heavy atom. The molecular formula is C22H24N2O7. The van der Waals surface area contributed by atoms with E-state index in [9.17, 15) is 14.4 Å². The highest BCUT2D eigenvalue weighted by Gasteiger charge is 2.20. The number of anilines is 1. The number of esters is 1. The first kappa shape index (κ1) is 21.9. The second-order valence-corrected chi connectivity index (χ2v) is 7.06. The molecule has 1 aliphatic heterocycles. The number of rotatable bonds is 8. The lowest BCUT2D eigenvalue weighted by atomic mass is 10.2. The Balaban J connectivity index is 1.44. The third-order valence-corrected chi connectivity index (χ3v) is 4.20. The Morgan fingerprint density at radius 3 is 2.42 bits per heavy atom. The highest BCUT2D eigenvalue weighted by atomic mass is 16.7. The number of nitrogens with one attached hydrogen (secondary N) is 2. The van der Waals surface area contributed by atoms with Gasteiger partial charge in [-0.25, -0.2) is 0 Å². The molecule has 31 heavy (non-hydrogen) atoms. The lowest BCUT2D eigenvalue weighted by molar-refractivity contribution is -0.152. The molecule has 0 saturated heterocycles. The van der Waals surface area contributed by atoms with Crippen LogP contribution in [-0.4, -0.2) is 43.3 Å². The van der Waals surface area contributed by atoms with Gasteiger partial charge in [0.1, 0.15) is 12.3 Å². The van der Waals surface area contributed by atoms with Crippen LogP contribution in [0.2, 0.25) is 0 Å². The standard InChI is InChI=1S/C22H24N2O7/c1-13(2)30-17-7-4-15(5-8-17)22(27)23-11-20(25)31-14(3)21(26)24-16-6-9-18-19(10-16)29-12-28-18/h4-10,13-14H,11-12H2,1-3H3,(H,23,27)(H,24,26). The van der Waals surface area contributed by atoms with Crippen molar-refractivity contribution in [1.29, 1.82) is 0 Å². The van der Waals surface area contributed by atoms with Gasteiger partial charge in [0.25, 0.3) is 11.8 Å². The van der Waals surface area contributed by atoms with Gasteiger partial charge in [-0.1, -0.05) is 0 Å². The molecular weight excluding hydrogens is 404 g/mol. The quantitative estimate of drug-likeness (QED) is 0.621. The van der Waals surface area contributed by atoms with Gasteiger partial charge in [-0.3, -0.25) is 14.4 Å². The minimum Gasteiger partial charge on any atom is -0.491 e. The van der Waals surface area contributed by atoms with Crippen LogP contribution in [0.15, 0.2) is 42.5 Å². The second-order valence-electron chi connectivity index (χ2n) is 7.06. The van der Waals surface area contributed by atoms with Gasteiger partial charge in [0, 0.05) is 17.3 Å². The predicted molar refractivity (Wildman–Crippen MR) is 111 cm³/mol. The van der Waals surface area contributed by atoms with Crippen molar-refractivity contribution < 1.29 is 33.3 Å². The first-order chi connectivity index (χ1) is 14.8. The van der Waals surface area contributed by atoms with Crippen molar-refractivity contribution in [3.8, 4) is 17.2 Å². The van der Waals surface area contributed by atoms with Gasteiger partial charge in [-0.15, -0.1) is 0 Å². The number of amides is 2. The molecule has 0 radical (unpaired) electrons. The summed E-state index contributed by atoms with van der Waals surface area (Å²) < 4.78 is 21.1. The Bertz CT molecular complexity index is 957. The summed E-state index contributed by atoms with van der Waals surface area (Å²) in [6, 6.07) is 11.5. The van der Waals surface area contributed by atoms with Gasteiger partial charge in [-0.05, 0) is 57.2 Å². The molecule has 0 spiro atoms. The Labute approximate surface area is 179 Å². The van der Waals surface area contributed by atoms with Crippen LogP contribution in [-0.2, 0) is 14.3 Å². The third-order valence-electron chi connectivity index (χ3n) is 4.20. The molecule has 3 rings (SSSR count). The lowest BCUT2D eigenvalue weighted by Gasteiger charge is -2.14. The van der Waals surface area contributed by atoms with Crippen LogP contribution in [0.1, 0.15) is 31.1 Å². The van der Waals surface area contributed by atoms with Crippen molar-refractivity contribution >= 4 is 23.5 Å². The van der Waals surface area contributed by atoms with Crippen LogP contribution < -0.4 is 24.8 Å². The first-order valence-corrected chi connectivity index (χ1v) is 9.76. The van der Waals surface area contributed by atoms with Crippen LogP contribution in [0.5, 0.6) is 17.2 Å². The maximum absolute atomic E-state index is 12.3. The maximum atomic E-state index is 12.3. The number of ether oxygens (including phenoxy) is 4. The van der Waals surface area contributed by atoms with E-state index in [2.05, 4.69) is 10.6 Å². The first-order valence-electron chi connectivity index (χ1n) is 9.76. The van der Waals surface area contributed by atoms with E-state index in [0.717, 1.165) is 0 Å². The number of carbonyl (C=O) groups excluding carboxylic acids is 3. The molecule has 0 aliphatic carbocycles. The summed E-state index contributed by atoms with van der Waals surface area (Å²) in [6.07, 6.45) is -1.03. The average molecular weight is 428 g/mol. The van der Waals surface area contributed by atoms with Gasteiger partial charge < -0.3 is 29.6 Å². The zero-order valence-corrected chi connectivity index (χ0v) is 17.5. The predicted octanol–water partition coefficient (Wildman–Crippen LogP) is 2.50. The van der Waals surface area contributed by atoms with E-state index in [0.29, 0.717) is 28.5 Å². The third kappa shape index (κ3) is 6.11. The fourth-order valence-corrected chi connectivity index (χ4v) is 2.72. The van der Waals surface area contributed by atoms with Gasteiger partial charge in [0.2, 0.25) is 6.79 Å². The van der Waals surface area contributed by atoms with E-state index in [1.54, 1.807) is 42.5 Å². The molecule has 2 aromatic carbocycles. The SMILES string of the molecule is CC(C)Oc1ccc(C(=O)NCC(=O)OC(C)C(=O)Nc2ccc3c(c2)OCO3)cc1. The van der Waals surface area contributed by atoms with E-state index >= 15 is 0 Å². The van der Waals surface area contributed by atoms with Crippen LogP contribution >= 0.6 is 0 Å². The van der Waals surface area contributed by atoms with Crippen molar-refractivity contribution in [2.75, 3.05) is 18.7 Å². The van der Waals surface area contributed by atoms with Crippen molar-refractivity contribution in [2.24, 2.45) is 0 Å². The summed E-state index contributed by atoms with van der Waals surface area (Å²) >= 11 is 0. The Morgan fingerprint density at radius 1 is 1.00 bits per heavy atom. The molecule has 164 valence electrons. The van der Waals surface area contributed by atoms with Crippen LogP contribution in [0, 0.1) is 0 Å². The summed E-state index contributed by atoms with van der Waals surface area (Å²) in [6.45, 7) is 5.01. The zero-order chi connectivity index (χ0) is 22.4. The highest BCUT2D eigenvalue weighted by Crippen LogP contribution is 2.34. The summed E-state index contributed by atoms with van der Waals surface area (Å²) in [5.41, 5.74) is 0.854. The van der Waals surface area contributed by atoms with Gasteiger partial charge in [0.15, 0.2) is 17.6 Å². The van der Waals surface area contributed by atoms with E-state index in [1.807, 2.05) is 13.8 Å². The number of hydrogen-bond acceptors (Lipinski definition) is 7. The molecule has 1 unspecified atom stereocenters. The number of hydrogen-bond donors (Lipinski definition) is 2. The maximum Gasteiger partial charge on any atom is 0.326 e. The minimum absolute atomic E-state index is 0.0266. The van der Waals surface area contributed by atoms with Gasteiger partial charge in [-0.2, -0.15) is 0 Å². The average Bonchev–Trinajstić information content (AvgIpc) is 3.20. The van der Waals surface area contributed by atoms with Crippen molar-refractivity contribution in [3.05, 3.63) is 48.0 Å². The van der Waals surface area contributed by atoms with E-state index in [1.165, 1.54) is 6.92 Å². The molecule has 9 heteroatoms. The molecule has 2 N–H and O–H groups in total. The van der Waals surface area contributed by atoms with E-state index in [-0.39, 0.29) is 19.4 Å². The zero-order valence-electron chi connectivity index (χ0n) is 17.5. The lowest BCUT2D eigenvalue weighted by Crippen LogP contribution is -2.35. The monoisotopic (exact) mass is 428 g/mol. The topological polar surface area (TPSA) is 112 Å². The van der Waals surface area contributed by atoms with Crippen LogP contribution in [0.4, 0.5) is 5.69 Å². The normalized spacial score (nSPS) is 12.8. The number of carbonyl (C=O) groups is 3. The van der Waals surface area contributed by atoms with Crippen LogP contribution in [0.25, 0.3) is 0 Å². The fourth-order valence-electron chi connectivity index (χ4n) is 2.72. The minimum atomic E-state index is -1.05. The van der Waals surface area contributed by atoms with Crippen molar-refractivity contribution in [3.63, 3.8) is 0 Å². The van der Waals surface area contributed by atoms with Crippen LogP contribution in [0.3, 0.4) is 0 Å². The molecule has 9 nitrogen and oxygen atoms in total. The summed E-state index contributed by atoms with van der Waals surface area (Å²) in [5.74, 6) is 0.0729. The largest absolute Gasteiger partial charge is 0.491 e. The molecule has 1 aliphatic rings. The molecule has 0 fully saturated rings. The molecule has 0 aromatic heterocycles. The summed E-state index contributed by atoms with van der Waals surface area (Å²) in [5, 5.41) is 5.10. The second kappa shape index (κ2) is 9.84. The van der Waals surface area contributed by atoms with E-state index < -0.39 is 23.9 Å². The number of fused-ring (bicyclic) bond motifs is 1. The van der Waals surface area contributed by atoms with E-state index in [4.69, 9.17) is 18.9 Å². The highest BCUT2D eigenvalue weighted by molar-refractivity contribution is 5.97. The molecule has 2 amide bonds. The summed E-state index contributed by atoms with van der Waals surface area (Å²) in [7, 11) is 0. The molecule has 1 atom stereocenters. The fraction of sp³-hybridized carbons (Fsp3) is 0.318. The van der Waals surface area contributed by atoms with Crippen molar-refractivity contribution in [1.82, 2.24) is 5.32 Å². The smallest absolute Gasteiger partial charge is 0.326 e. The summed E-state index contributed by atoms with van der Waals surface area (Å²) in [4.78, 5) is 36.4. The molecule has 2 aromatic rings. The number of benzene rings is 2. The molecule has 0 bridgehead atoms. The van der Waals surface area contributed by atoms with Gasteiger partial charge >= 0.3 is 5.97 Å².